The molecule has 0 amide bonds. The number of alkyl halides is 3. The third-order valence-electron chi connectivity index (χ3n) is 1.46. The van der Waals surface area contributed by atoms with Crippen molar-refractivity contribution in [1.82, 2.24) is 0 Å². The maximum atomic E-state index is 11.9. The topological polar surface area (TPSA) is 18.5 Å². The quantitative estimate of drug-likeness (QED) is 0.466. The van der Waals surface area contributed by atoms with E-state index < -0.39 is 18.9 Å². The summed E-state index contributed by atoms with van der Waals surface area (Å²) >= 11 is 0. The monoisotopic (exact) mass is 224 g/mol. The minimum atomic E-state index is -4.19. The average Bonchev–Trinajstić information content (AvgIpc) is 2.15. The molecular formula is C10H15F3O2. The summed E-state index contributed by atoms with van der Waals surface area (Å²) < 4.78 is 45.7. The van der Waals surface area contributed by atoms with Crippen LogP contribution in [0.1, 0.15) is 12.8 Å². The Hall–Kier alpha value is -0.810. The highest BCUT2D eigenvalue weighted by Gasteiger charge is 2.28. The van der Waals surface area contributed by atoms with Gasteiger partial charge in [0.05, 0.1) is 13.2 Å². The molecule has 0 N–H and O–H groups in total. The van der Waals surface area contributed by atoms with Crippen LogP contribution in [-0.2, 0) is 9.47 Å². The van der Waals surface area contributed by atoms with Crippen LogP contribution in [0, 0.1) is 0 Å². The molecule has 0 heterocycles. The van der Waals surface area contributed by atoms with Crippen LogP contribution in [-0.4, -0.2) is 25.7 Å². The fourth-order valence-electron chi connectivity index (χ4n) is 0.847. The van der Waals surface area contributed by atoms with Gasteiger partial charge in [-0.3, -0.25) is 0 Å². The zero-order valence-electron chi connectivity index (χ0n) is 8.43. The molecule has 0 unspecified atom stereocenters. The maximum Gasteiger partial charge on any atom is 0.389 e. The van der Waals surface area contributed by atoms with Crippen molar-refractivity contribution in [1.29, 1.82) is 0 Å². The van der Waals surface area contributed by atoms with E-state index in [1.54, 1.807) is 0 Å². The molecule has 0 saturated heterocycles. The first-order valence-corrected chi connectivity index (χ1v) is 4.51. The molecule has 0 aliphatic rings. The Bertz CT molecular complexity index is 178. The van der Waals surface area contributed by atoms with Crippen LogP contribution in [0.4, 0.5) is 13.2 Å². The van der Waals surface area contributed by atoms with E-state index in [1.807, 2.05) is 0 Å². The van der Waals surface area contributed by atoms with Crippen molar-refractivity contribution in [3.8, 4) is 0 Å². The van der Waals surface area contributed by atoms with Gasteiger partial charge in [0.1, 0.15) is 0 Å². The second-order valence-corrected chi connectivity index (χ2v) is 2.83. The van der Waals surface area contributed by atoms with Gasteiger partial charge in [0, 0.05) is 12.8 Å². The predicted molar refractivity (Wildman–Crippen MR) is 51.4 cm³/mol. The van der Waals surface area contributed by atoms with Crippen LogP contribution in [0.3, 0.4) is 0 Å². The van der Waals surface area contributed by atoms with Gasteiger partial charge < -0.3 is 9.47 Å². The zero-order chi connectivity index (χ0) is 11.7. The molecule has 0 radical (unpaired) electrons. The fraction of sp³-hybridized carbons (Fsp3) is 0.600. The maximum absolute atomic E-state index is 11.9. The van der Waals surface area contributed by atoms with Gasteiger partial charge in [-0.1, -0.05) is 12.2 Å². The lowest BCUT2D eigenvalue weighted by Gasteiger charge is -2.17. The molecule has 0 spiro atoms. The van der Waals surface area contributed by atoms with Gasteiger partial charge in [0.15, 0.2) is 6.29 Å². The van der Waals surface area contributed by atoms with Gasteiger partial charge in [-0.15, -0.1) is 13.2 Å². The number of ether oxygens (including phenoxy) is 2. The van der Waals surface area contributed by atoms with Crippen molar-refractivity contribution in [3.63, 3.8) is 0 Å². The van der Waals surface area contributed by atoms with Crippen molar-refractivity contribution >= 4 is 0 Å². The first-order chi connectivity index (χ1) is 6.99. The van der Waals surface area contributed by atoms with E-state index in [2.05, 4.69) is 13.2 Å². The summed E-state index contributed by atoms with van der Waals surface area (Å²) in [7, 11) is 0. The first kappa shape index (κ1) is 14.2. The van der Waals surface area contributed by atoms with E-state index in [0.717, 1.165) is 0 Å². The van der Waals surface area contributed by atoms with E-state index in [9.17, 15) is 13.2 Å². The standard InChI is InChI=1S/C10H15F3O2/c1-3-7-14-9(15-8-4-2)5-6-10(11,12)13/h3-4,9H,1-2,5-8H2. The lowest BCUT2D eigenvalue weighted by molar-refractivity contribution is -0.173. The van der Waals surface area contributed by atoms with Crippen molar-refractivity contribution < 1.29 is 22.6 Å². The summed E-state index contributed by atoms with van der Waals surface area (Å²) in [6.45, 7) is 7.13. The summed E-state index contributed by atoms with van der Waals surface area (Å²) in [4.78, 5) is 0. The minimum absolute atomic E-state index is 0.166. The van der Waals surface area contributed by atoms with Gasteiger partial charge in [-0.25, -0.2) is 0 Å². The third-order valence-corrected chi connectivity index (χ3v) is 1.46. The summed E-state index contributed by atoms with van der Waals surface area (Å²) in [5, 5.41) is 0. The SMILES string of the molecule is C=CCOC(CCC(F)(F)F)OCC=C. The van der Waals surface area contributed by atoms with Crippen molar-refractivity contribution in [2.75, 3.05) is 13.2 Å². The molecule has 15 heavy (non-hydrogen) atoms. The lowest BCUT2D eigenvalue weighted by Crippen LogP contribution is -2.21. The largest absolute Gasteiger partial charge is 0.389 e. The highest BCUT2D eigenvalue weighted by molar-refractivity contribution is 4.67. The van der Waals surface area contributed by atoms with Gasteiger partial charge in [0.25, 0.3) is 0 Å². The number of hydrogen-bond acceptors (Lipinski definition) is 2. The molecule has 0 rings (SSSR count). The Morgan fingerprint density at radius 3 is 1.87 bits per heavy atom. The van der Waals surface area contributed by atoms with Crippen LogP contribution in [0.5, 0.6) is 0 Å². The normalized spacial score (nSPS) is 11.7. The summed E-state index contributed by atoms with van der Waals surface area (Å²) in [6.07, 6.45) is -3.28. The molecule has 2 nitrogen and oxygen atoms in total. The van der Waals surface area contributed by atoms with Crippen LogP contribution in [0.25, 0.3) is 0 Å². The molecule has 0 aliphatic carbocycles. The van der Waals surface area contributed by atoms with Gasteiger partial charge in [-0.05, 0) is 0 Å². The van der Waals surface area contributed by atoms with E-state index in [0.29, 0.717) is 0 Å². The van der Waals surface area contributed by atoms with Gasteiger partial charge in [0.2, 0.25) is 0 Å². The van der Waals surface area contributed by atoms with Gasteiger partial charge in [-0.2, -0.15) is 13.2 Å². The molecule has 0 fully saturated rings. The molecule has 0 aromatic rings. The number of rotatable bonds is 8. The highest BCUT2D eigenvalue weighted by Crippen LogP contribution is 2.23. The molecule has 0 aromatic heterocycles. The Balaban J connectivity index is 3.88. The molecular weight excluding hydrogens is 209 g/mol. The van der Waals surface area contributed by atoms with Crippen molar-refractivity contribution in [2.24, 2.45) is 0 Å². The number of hydrogen-bond donors (Lipinski definition) is 0. The van der Waals surface area contributed by atoms with E-state index in [-0.39, 0.29) is 19.6 Å². The number of halogens is 3. The van der Waals surface area contributed by atoms with E-state index >= 15 is 0 Å². The van der Waals surface area contributed by atoms with Crippen molar-refractivity contribution in [3.05, 3.63) is 25.3 Å². The van der Waals surface area contributed by atoms with Crippen LogP contribution in [0.2, 0.25) is 0 Å². The van der Waals surface area contributed by atoms with Crippen LogP contribution in [0.15, 0.2) is 25.3 Å². The summed E-state index contributed by atoms with van der Waals surface area (Å²) in [5.41, 5.74) is 0. The molecule has 0 aliphatic heterocycles. The minimum Gasteiger partial charge on any atom is -0.349 e. The molecule has 88 valence electrons. The van der Waals surface area contributed by atoms with Crippen LogP contribution >= 0.6 is 0 Å². The smallest absolute Gasteiger partial charge is 0.349 e. The molecule has 0 aromatic carbocycles. The van der Waals surface area contributed by atoms with Gasteiger partial charge >= 0.3 is 6.18 Å². The van der Waals surface area contributed by atoms with E-state index in [1.165, 1.54) is 12.2 Å². The second-order valence-electron chi connectivity index (χ2n) is 2.83. The molecule has 0 saturated carbocycles. The summed E-state index contributed by atoms with van der Waals surface area (Å²) in [6, 6.07) is 0. The highest BCUT2D eigenvalue weighted by atomic mass is 19.4. The second kappa shape index (κ2) is 7.48. The first-order valence-electron chi connectivity index (χ1n) is 4.51. The lowest BCUT2D eigenvalue weighted by atomic mass is 10.3. The Morgan fingerprint density at radius 2 is 1.53 bits per heavy atom. The van der Waals surface area contributed by atoms with Crippen LogP contribution < -0.4 is 0 Å². The Morgan fingerprint density at radius 1 is 1.07 bits per heavy atom. The predicted octanol–water partition coefficient (Wildman–Crippen LogP) is 3.06. The molecule has 5 heteroatoms. The average molecular weight is 224 g/mol. The van der Waals surface area contributed by atoms with Crippen molar-refractivity contribution in [2.45, 2.75) is 25.3 Å². The zero-order valence-corrected chi connectivity index (χ0v) is 8.43. The molecule has 0 bridgehead atoms. The molecule has 0 atom stereocenters. The fourth-order valence-corrected chi connectivity index (χ4v) is 0.847. The van der Waals surface area contributed by atoms with E-state index in [4.69, 9.17) is 9.47 Å². The summed E-state index contributed by atoms with van der Waals surface area (Å²) in [5.74, 6) is 0. The Kier molecular flexibility index (Phi) is 7.07. The third kappa shape index (κ3) is 9.49. The Labute approximate surface area is 87.4 Å².